The third kappa shape index (κ3) is 17.8. The molecule has 0 aromatic carbocycles. The molecule has 0 aliphatic carbocycles. The average molecular weight is 161 g/mol. The lowest BCUT2D eigenvalue weighted by Gasteiger charge is -2.01. The molecule has 2 heteroatoms. The summed E-state index contributed by atoms with van der Waals surface area (Å²) in [7, 11) is 0. The largest absolute Gasteiger partial charge is 0.396 e. The lowest BCUT2D eigenvalue weighted by Crippen LogP contribution is -1.98. The molecule has 0 saturated carbocycles. The fourth-order valence-corrected chi connectivity index (χ4v) is 0.584. The van der Waals surface area contributed by atoms with Gasteiger partial charge in [-0.3, -0.25) is 0 Å². The topological polar surface area (TPSA) is 46.2 Å². The van der Waals surface area contributed by atoms with E-state index in [1.165, 1.54) is 6.42 Å². The molecule has 0 aromatic rings. The number of nitrogens with two attached hydrogens (primary N) is 1. The summed E-state index contributed by atoms with van der Waals surface area (Å²) in [6.45, 7) is 7.41. The van der Waals surface area contributed by atoms with Crippen LogP contribution < -0.4 is 5.73 Å². The van der Waals surface area contributed by atoms with Gasteiger partial charge >= 0.3 is 0 Å². The molecule has 0 rings (SSSR count). The Kier molecular flexibility index (Phi) is 15.4. The van der Waals surface area contributed by atoms with Crippen molar-refractivity contribution in [1.82, 2.24) is 0 Å². The summed E-state index contributed by atoms with van der Waals surface area (Å²) in [5, 5.41) is 8.47. The van der Waals surface area contributed by atoms with E-state index < -0.39 is 0 Å². The highest BCUT2D eigenvalue weighted by atomic mass is 16.3. The Hall–Kier alpha value is -0.0800. The minimum absolute atomic E-state index is 0.341. The van der Waals surface area contributed by atoms with Crippen molar-refractivity contribution < 1.29 is 5.11 Å². The molecular weight excluding hydrogens is 138 g/mol. The highest BCUT2D eigenvalue weighted by Crippen LogP contribution is 2.01. The van der Waals surface area contributed by atoms with E-state index in [9.17, 15) is 0 Å². The predicted octanol–water partition coefficient (Wildman–Crippen LogP) is 1.77. The minimum Gasteiger partial charge on any atom is -0.396 e. The van der Waals surface area contributed by atoms with Crippen LogP contribution in [0, 0.1) is 5.92 Å². The molecule has 2 nitrogen and oxygen atoms in total. The van der Waals surface area contributed by atoms with Crippen LogP contribution in [0.2, 0.25) is 0 Å². The predicted molar refractivity (Wildman–Crippen MR) is 50.5 cm³/mol. The van der Waals surface area contributed by atoms with Gasteiger partial charge in [0.1, 0.15) is 0 Å². The Labute approximate surface area is 70.8 Å². The van der Waals surface area contributed by atoms with E-state index in [4.69, 9.17) is 10.8 Å². The lowest BCUT2D eigenvalue weighted by atomic mass is 10.1. The second kappa shape index (κ2) is 12.6. The van der Waals surface area contributed by atoms with E-state index >= 15 is 0 Å². The Morgan fingerprint density at radius 1 is 1.27 bits per heavy atom. The second-order valence-corrected chi connectivity index (χ2v) is 2.87. The van der Waals surface area contributed by atoms with Gasteiger partial charge in [-0.2, -0.15) is 0 Å². The van der Waals surface area contributed by atoms with Crippen LogP contribution in [0.15, 0.2) is 0 Å². The van der Waals surface area contributed by atoms with Crippen LogP contribution in [0.5, 0.6) is 0 Å². The highest BCUT2D eigenvalue weighted by Gasteiger charge is 1.93. The van der Waals surface area contributed by atoms with Crippen molar-refractivity contribution >= 4 is 0 Å². The third-order valence-corrected chi connectivity index (χ3v) is 1.38. The van der Waals surface area contributed by atoms with Crippen molar-refractivity contribution in [3.05, 3.63) is 0 Å². The van der Waals surface area contributed by atoms with Crippen molar-refractivity contribution in [2.75, 3.05) is 13.2 Å². The first-order chi connectivity index (χ1) is 5.22. The summed E-state index contributed by atoms with van der Waals surface area (Å²) in [4.78, 5) is 0. The normalized spacial score (nSPS) is 11.7. The number of aliphatic hydroxyl groups is 1. The first kappa shape index (κ1) is 13.5. The van der Waals surface area contributed by atoms with Crippen molar-refractivity contribution in [1.29, 1.82) is 0 Å². The van der Waals surface area contributed by atoms with Gasteiger partial charge < -0.3 is 10.8 Å². The maximum atomic E-state index is 8.47. The van der Waals surface area contributed by atoms with Crippen LogP contribution in [0.4, 0.5) is 0 Å². The van der Waals surface area contributed by atoms with Crippen LogP contribution in [-0.4, -0.2) is 18.3 Å². The molecular formula is C9H23NO. The Morgan fingerprint density at radius 3 is 1.82 bits per heavy atom. The van der Waals surface area contributed by atoms with Gasteiger partial charge in [-0.25, -0.2) is 0 Å². The molecule has 0 aliphatic heterocycles. The fraction of sp³-hybridized carbons (Fsp3) is 1.00. The Morgan fingerprint density at radius 2 is 1.73 bits per heavy atom. The number of aliphatic hydroxyl groups excluding tert-OH is 1. The van der Waals surface area contributed by atoms with E-state index in [1.54, 1.807) is 0 Å². The van der Waals surface area contributed by atoms with E-state index in [0.29, 0.717) is 12.5 Å². The van der Waals surface area contributed by atoms with Crippen molar-refractivity contribution in [2.45, 2.75) is 40.0 Å². The van der Waals surface area contributed by atoms with E-state index in [1.807, 2.05) is 0 Å². The monoisotopic (exact) mass is 161 g/mol. The van der Waals surface area contributed by atoms with Gasteiger partial charge in [0, 0.05) is 6.61 Å². The average Bonchev–Trinajstić information content (AvgIpc) is 2.05. The quantitative estimate of drug-likeness (QED) is 0.660. The summed E-state index contributed by atoms with van der Waals surface area (Å²) in [5.74, 6) is 0.505. The van der Waals surface area contributed by atoms with Gasteiger partial charge in [0.2, 0.25) is 0 Å². The van der Waals surface area contributed by atoms with Crippen LogP contribution >= 0.6 is 0 Å². The third-order valence-electron chi connectivity index (χ3n) is 1.38. The first-order valence-corrected chi connectivity index (χ1v) is 4.53. The number of hydrogen-bond acceptors (Lipinski definition) is 2. The highest BCUT2D eigenvalue weighted by molar-refractivity contribution is 4.45. The molecule has 0 aliphatic rings. The van der Waals surface area contributed by atoms with Crippen LogP contribution in [0.3, 0.4) is 0 Å². The fourth-order valence-electron chi connectivity index (χ4n) is 0.584. The zero-order valence-corrected chi connectivity index (χ0v) is 8.14. The first-order valence-electron chi connectivity index (χ1n) is 4.53. The molecule has 0 fully saturated rings. The van der Waals surface area contributed by atoms with E-state index in [2.05, 4.69) is 20.8 Å². The molecule has 70 valence electrons. The minimum atomic E-state index is 0.341. The van der Waals surface area contributed by atoms with Gasteiger partial charge in [0.25, 0.3) is 0 Å². The molecule has 1 atom stereocenters. The van der Waals surface area contributed by atoms with Crippen molar-refractivity contribution in [3.63, 3.8) is 0 Å². The summed E-state index contributed by atoms with van der Waals surface area (Å²) < 4.78 is 0. The SMILES string of the molecule is CCCC(C)CO.CCCN. The van der Waals surface area contributed by atoms with E-state index in [0.717, 1.165) is 19.4 Å². The van der Waals surface area contributed by atoms with Gasteiger partial charge in [-0.1, -0.05) is 27.2 Å². The molecule has 11 heavy (non-hydrogen) atoms. The lowest BCUT2D eigenvalue weighted by molar-refractivity contribution is 0.229. The van der Waals surface area contributed by atoms with E-state index in [-0.39, 0.29) is 0 Å². The molecule has 0 bridgehead atoms. The molecule has 0 amide bonds. The van der Waals surface area contributed by atoms with Crippen LogP contribution in [0.1, 0.15) is 40.0 Å². The zero-order valence-electron chi connectivity index (χ0n) is 8.14. The standard InChI is InChI=1S/C6H14O.C3H9N/c1-3-4-6(2)5-7;1-2-3-4/h6-7H,3-5H2,1-2H3;2-4H2,1H3. The maximum absolute atomic E-state index is 8.47. The molecule has 1 unspecified atom stereocenters. The second-order valence-electron chi connectivity index (χ2n) is 2.87. The van der Waals surface area contributed by atoms with Gasteiger partial charge in [0.05, 0.1) is 0 Å². The van der Waals surface area contributed by atoms with Crippen LogP contribution in [0.25, 0.3) is 0 Å². The summed E-state index contributed by atoms with van der Waals surface area (Å²) in [6, 6.07) is 0. The summed E-state index contributed by atoms with van der Waals surface area (Å²) in [6.07, 6.45) is 3.43. The Bertz CT molecular complexity index is 55.5. The van der Waals surface area contributed by atoms with Crippen LogP contribution in [-0.2, 0) is 0 Å². The van der Waals surface area contributed by atoms with Crippen molar-refractivity contribution in [3.8, 4) is 0 Å². The molecule has 3 N–H and O–H groups in total. The summed E-state index contributed by atoms with van der Waals surface area (Å²) in [5.41, 5.74) is 5.03. The van der Waals surface area contributed by atoms with Gasteiger partial charge in [-0.15, -0.1) is 0 Å². The maximum Gasteiger partial charge on any atom is 0.0456 e. The number of rotatable bonds is 4. The number of hydrogen-bond donors (Lipinski definition) is 2. The summed E-state index contributed by atoms with van der Waals surface area (Å²) >= 11 is 0. The molecule has 0 heterocycles. The molecule has 0 saturated heterocycles. The molecule has 0 spiro atoms. The smallest absolute Gasteiger partial charge is 0.0456 e. The molecule has 0 aromatic heterocycles. The molecule has 0 radical (unpaired) electrons. The van der Waals surface area contributed by atoms with Crippen molar-refractivity contribution in [2.24, 2.45) is 11.7 Å². The zero-order chi connectivity index (χ0) is 9.11. The Balaban J connectivity index is 0. The van der Waals surface area contributed by atoms with Gasteiger partial charge in [-0.05, 0) is 25.3 Å². The van der Waals surface area contributed by atoms with Gasteiger partial charge in [0.15, 0.2) is 0 Å².